The second kappa shape index (κ2) is 10.2. The summed E-state index contributed by atoms with van der Waals surface area (Å²) >= 11 is 0. The van der Waals surface area contributed by atoms with Gasteiger partial charge in [-0.05, 0) is 49.4 Å². The Morgan fingerprint density at radius 1 is 0.943 bits per heavy atom. The number of hydrogen-bond donors (Lipinski definition) is 0. The molecule has 4 rings (SSSR count). The van der Waals surface area contributed by atoms with Crippen molar-refractivity contribution in [2.45, 2.75) is 19.2 Å². The molecule has 1 unspecified atom stereocenters. The molecule has 1 fully saturated rings. The molecule has 1 amide bonds. The number of rotatable bonds is 6. The van der Waals surface area contributed by atoms with Crippen molar-refractivity contribution in [1.82, 2.24) is 15.1 Å². The number of anilines is 1. The predicted molar refractivity (Wildman–Crippen MR) is 124 cm³/mol. The van der Waals surface area contributed by atoms with Gasteiger partial charge in [-0.15, -0.1) is 10.2 Å². The van der Waals surface area contributed by atoms with Crippen molar-refractivity contribution < 1.29 is 27.4 Å². The predicted octanol–water partition coefficient (Wildman–Crippen LogP) is 4.29. The van der Waals surface area contributed by atoms with Crippen LogP contribution in [0.3, 0.4) is 0 Å². The van der Waals surface area contributed by atoms with Gasteiger partial charge in [-0.25, -0.2) is 0 Å². The molecule has 1 atom stereocenters. The van der Waals surface area contributed by atoms with E-state index in [1.54, 1.807) is 12.0 Å². The molecule has 0 spiro atoms. The summed E-state index contributed by atoms with van der Waals surface area (Å²) in [7, 11) is 1.61. The highest BCUT2D eigenvalue weighted by Gasteiger charge is 2.31. The number of methoxy groups -OCH3 is 1. The lowest BCUT2D eigenvalue weighted by Crippen LogP contribution is -2.52. The number of piperazine rings is 1. The molecule has 0 saturated carbocycles. The van der Waals surface area contributed by atoms with Crippen LogP contribution in [0.25, 0.3) is 11.3 Å². The molecule has 0 N–H and O–H groups in total. The van der Waals surface area contributed by atoms with Crippen LogP contribution < -0.4 is 14.4 Å². The Labute approximate surface area is 201 Å². The zero-order valence-corrected chi connectivity index (χ0v) is 19.3. The van der Waals surface area contributed by atoms with Crippen molar-refractivity contribution in [2.24, 2.45) is 0 Å². The second-order valence-electron chi connectivity index (χ2n) is 8.11. The molecule has 1 aromatic heterocycles. The Kier molecular flexibility index (Phi) is 7.09. The van der Waals surface area contributed by atoms with Crippen LogP contribution in [0, 0.1) is 0 Å². The normalized spacial score (nSPS) is 15.0. The van der Waals surface area contributed by atoms with Gasteiger partial charge in [0.2, 0.25) is 0 Å². The van der Waals surface area contributed by atoms with Gasteiger partial charge < -0.3 is 19.3 Å². The minimum absolute atomic E-state index is 0.00529. The van der Waals surface area contributed by atoms with Crippen molar-refractivity contribution in [3.05, 3.63) is 66.2 Å². The van der Waals surface area contributed by atoms with Gasteiger partial charge in [0.1, 0.15) is 11.5 Å². The molecule has 0 aliphatic carbocycles. The Bertz CT molecular complexity index is 1160. The average Bonchev–Trinajstić information content (AvgIpc) is 2.88. The maximum Gasteiger partial charge on any atom is 0.416 e. The monoisotopic (exact) mass is 486 g/mol. The highest BCUT2D eigenvalue weighted by atomic mass is 19.4. The van der Waals surface area contributed by atoms with Gasteiger partial charge in [-0.1, -0.05) is 18.2 Å². The van der Waals surface area contributed by atoms with E-state index in [-0.39, 0.29) is 11.7 Å². The summed E-state index contributed by atoms with van der Waals surface area (Å²) in [5, 5.41) is 8.66. The lowest BCUT2D eigenvalue weighted by Gasteiger charge is -2.36. The first-order valence-corrected chi connectivity index (χ1v) is 11.1. The van der Waals surface area contributed by atoms with Gasteiger partial charge in [0.15, 0.2) is 11.9 Å². The summed E-state index contributed by atoms with van der Waals surface area (Å²) in [5.41, 5.74) is 0.803. The topological polar surface area (TPSA) is 67.8 Å². The average molecular weight is 486 g/mol. The summed E-state index contributed by atoms with van der Waals surface area (Å²) in [4.78, 5) is 16.5. The zero-order valence-electron chi connectivity index (χ0n) is 19.3. The first kappa shape index (κ1) is 24.3. The largest absolute Gasteiger partial charge is 0.497 e. The molecule has 0 radical (unpaired) electrons. The number of aromatic nitrogens is 2. The molecule has 1 saturated heterocycles. The number of carbonyl (C=O) groups excluding carboxylic acids is 1. The number of nitrogens with zero attached hydrogens (tertiary/aromatic N) is 4. The molecule has 0 bridgehead atoms. The molecule has 2 heterocycles. The molecule has 3 aromatic rings. The number of halogens is 3. The molecule has 7 nitrogen and oxygen atoms in total. The molecule has 1 aliphatic heterocycles. The number of carbonyl (C=O) groups is 1. The molecule has 10 heteroatoms. The summed E-state index contributed by atoms with van der Waals surface area (Å²) in [5.74, 6) is 1.17. The molecule has 2 aromatic carbocycles. The molecular weight excluding hydrogens is 461 g/mol. The molecule has 1 aliphatic rings. The van der Waals surface area contributed by atoms with Crippen molar-refractivity contribution in [2.75, 3.05) is 38.2 Å². The Hall–Kier alpha value is -3.82. The van der Waals surface area contributed by atoms with Crippen LogP contribution in [0.5, 0.6) is 11.5 Å². The standard InChI is InChI=1S/C25H25F3N4O3/c1-17(35-21-8-4-6-19(16-21)25(26,27)28)24(33)32-13-11-31(12-14-32)23-10-9-22(29-30-23)18-5-3-7-20(15-18)34-2/h3-10,15-17H,11-14H2,1-2H3. The van der Waals surface area contributed by atoms with Crippen molar-refractivity contribution >= 4 is 11.7 Å². The van der Waals surface area contributed by atoms with Crippen LogP contribution in [0.15, 0.2) is 60.7 Å². The van der Waals surface area contributed by atoms with E-state index in [0.29, 0.717) is 32.0 Å². The zero-order chi connectivity index (χ0) is 25.0. The van der Waals surface area contributed by atoms with Gasteiger partial charge in [0, 0.05) is 31.7 Å². The van der Waals surface area contributed by atoms with Crippen LogP contribution in [-0.4, -0.2) is 60.4 Å². The van der Waals surface area contributed by atoms with Crippen molar-refractivity contribution in [1.29, 1.82) is 0 Å². The van der Waals surface area contributed by atoms with E-state index in [1.807, 2.05) is 41.3 Å². The lowest BCUT2D eigenvalue weighted by molar-refractivity contribution is -0.138. The third-order valence-corrected chi connectivity index (χ3v) is 5.75. The highest BCUT2D eigenvalue weighted by molar-refractivity contribution is 5.81. The highest BCUT2D eigenvalue weighted by Crippen LogP contribution is 2.31. The minimum atomic E-state index is -4.47. The number of alkyl halides is 3. The number of amides is 1. The van der Waals surface area contributed by atoms with Gasteiger partial charge in [0.05, 0.1) is 18.4 Å². The fraction of sp³-hybridized carbons (Fsp3) is 0.320. The molecule has 35 heavy (non-hydrogen) atoms. The van der Waals surface area contributed by atoms with E-state index >= 15 is 0 Å². The lowest BCUT2D eigenvalue weighted by atomic mass is 10.1. The van der Waals surface area contributed by atoms with Gasteiger partial charge in [-0.3, -0.25) is 4.79 Å². The van der Waals surface area contributed by atoms with Crippen molar-refractivity contribution in [3.63, 3.8) is 0 Å². The Morgan fingerprint density at radius 2 is 1.66 bits per heavy atom. The summed E-state index contributed by atoms with van der Waals surface area (Å²) in [6.45, 7) is 3.52. The van der Waals surface area contributed by atoms with E-state index in [2.05, 4.69) is 10.2 Å². The third kappa shape index (κ3) is 5.82. The molecule has 184 valence electrons. The Balaban J connectivity index is 1.33. The number of hydrogen-bond acceptors (Lipinski definition) is 6. The quantitative estimate of drug-likeness (QED) is 0.518. The number of benzene rings is 2. The SMILES string of the molecule is COc1cccc(-c2ccc(N3CCN(C(=O)C(C)Oc4cccc(C(F)(F)F)c4)CC3)nn2)c1. The fourth-order valence-electron chi connectivity index (χ4n) is 3.84. The smallest absolute Gasteiger partial charge is 0.416 e. The fourth-order valence-corrected chi connectivity index (χ4v) is 3.84. The van der Waals surface area contributed by atoms with Crippen LogP contribution in [0.2, 0.25) is 0 Å². The summed E-state index contributed by atoms with van der Waals surface area (Å²) < 4.78 is 49.5. The van der Waals surface area contributed by atoms with Gasteiger partial charge >= 0.3 is 6.18 Å². The van der Waals surface area contributed by atoms with E-state index < -0.39 is 17.8 Å². The van der Waals surface area contributed by atoms with E-state index in [1.165, 1.54) is 19.1 Å². The van der Waals surface area contributed by atoms with E-state index in [0.717, 1.165) is 29.1 Å². The summed E-state index contributed by atoms with van der Waals surface area (Å²) in [6.07, 6.45) is -5.38. The first-order chi connectivity index (χ1) is 16.7. The van der Waals surface area contributed by atoms with Crippen LogP contribution in [0.4, 0.5) is 19.0 Å². The van der Waals surface area contributed by atoms with Crippen LogP contribution >= 0.6 is 0 Å². The van der Waals surface area contributed by atoms with Gasteiger partial charge in [-0.2, -0.15) is 13.2 Å². The Morgan fingerprint density at radius 3 is 2.31 bits per heavy atom. The third-order valence-electron chi connectivity index (χ3n) is 5.75. The second-order valence-corrected chi connectivity index (χ2v) is 8.11. The summed E-state index contributed by atoms with van der Waals surface area (Å²) in [6, 6.07) is 15.9. The number of ether oxygens (including phenoxy) is 2. The molecular formula is C25H25F3N4O3. The first-order valence-electron chi connectivity index (χ1n) is 11.1. The van der Waals surface area contributed by atoms with Crippen molar-refractivity contribution in [3.8, 4) is 22.8 Å². The maximum atomic E-state index is 12.9. The van der Waals surface area contributed by atoms with Crippen LogP contribution in [0.1, 0.15) is 12.5 Å². The van der Waals surface area contributed by atoms with Crippen LogP contribution in [-0.2, 0) is 11.0 Å². The van der Waals surface area contributed by atoms with E-state index in [9.17, 15) is 18.0 Å². The van der Waals surface area contributed by atoms with E-state index in [4.69, 9.17) is 9.47 Å². The maximum absolute atomic E-state index is 12.9. The minimum Gasteiger partial charge on any atom is -0.497 e. The van der Waals surface area contributed by atoms with Gasteiger partial charge in [0.25, 0.3) is 5.91 Å².